The molecule has 0 saturated carbocycles. The lowest BCUT2D eigenvalue weighted by Gasteiger charge is -2.11. The number of aliphatic hydroxyl groups is 1. The number of thioether (sulfide) groups is 1. The van der Waals surface area contributed by atoms with Crippen molar-refractivity contribution in [1.82, 2.24) is 15.3 Å². The second kappa shape index (κ2) is 8.91. The van der Waals surface area contributed by atoms with Gasteiger partial charge < -0.3 is 14.3 Å². The van der Waals surface area contributed by atoms with E-state index in [0.29, 0.717) is 35.2 Å². The van der Waals surface area contributed by atoms with E-state index in [1.165, 1.54) is 6.20 Å². The maximum atomic E-state index is 11.7. The summed E-state index contributed by atoms with van der Waals surface area (Å²) in [6.07, 6.45) is 0.909. The van der Waals surface area contributed by atoms with Crippen molar-refractivity contribution in [3.05, 3.63) is 65.3 Å². The first-order valence-corrected chi connectivity index (χ1v) is 10.6. The van der Waals surface area contributed by atoms with E-state index in [4.69, 9.17) is 9.15 Å². The lowest BCUT2D eigenvalue weighted by atomic mass is 10.1. The molecule has 2 atom stereocenters. The van der Waals surface area contributed by atoms with Gasteiger partial charge in [0.1, 0.15) is 29.9 Å². The zero-order valence-corrected chi connectivity index (χ0v) is 17.8. The minimum Gasteiger partial charge on any atom is -0.489 e. The lowest BCUT2D eigenvalue weighted by molar-refractivity contribution is -0.118. The summed E-state index contributed by atoms with van der Waals surface area (Å²) in [6.45, 7) is 3.74. The Morgan fingerprint density at radius 3 is 2.61 bits per heavy atom. The van der Waals surface area contributed by atoms with Gasteiger partial charge in [-0.15, -0.1) is 0 Å². The van der Waals surface area contributed by atoms with Crippen LogP contribution in [0, 0.1) is 13.8 Å². The SMILES string of the molecule is Cc1ccc(-c2nc(C(O)COc3ccc(CC4SC(=O)NC4=O)nc3)c(C)o2)cc1. The van der Waals surface area contributed by atoms with Crippen LogP contribution < -0.4 is 10.1 Å². The number of aromatic nitrogens is 2. The highest BCUT2D eigenvalue weighted by atomic mass is 32.2. The number of benzene rings is 1. The lowest BCUT2D eigenvalue weighted by Crippen LogP contribution is -2.25. The first-order chi connectivity index (χ1) is 14.9. The van der Waals surface area contributed by atoms with Crippen molar-refractivity contribution in [3.63, 3.8) is 0 Å². The summed E-state index contributed by atoms with van der Waals surface area (Å²) in [5.41, 5.74) is 3.07. The molecule has 1 aliphatic rings. The van der Waals surface area contributed by atoms with Crippen molar-refractivity contribution in [2.45, 2.75) is 31.6 Å². The van der Waals surface area contributed by atoms with Gasteiger partial charge in [-0.1, -0.05) is 29.5 Å². The van der Waals surface area contributed by atoms with Gasteiger partial charge in [0.25, 0.3) is 5.24 Å². The summed E-state index contributed by atoms with van der Waals surface area (Å²) in [5, 5.41) is 12.0. The van der Waals surface area contributed by atoms with Crippen LogP contribution >= 0.6 is 11.8 Å². The number of ether oxygens (including phenoxy) is 1. The number of aryl methyl sites for hydroxylation is 2. The Morgan fingerprint density at radius 1 is 1.19 bits per heavy atom. The monoisotopic (exact) mass is 439 g/mol. The Labute approximate surface area is 183 Å². The number of carbonyl (C=O) groups is 2. The van der Waals surface area contributed by atoms with Gasteiger partial charge >= 0.3 is 0 Å². The molecule has 2 amide bonds. The zero-order chi connectivity index (χ0) is 22.0. The fraction of sp³-hybridized carbons (Fsp3) is 0.273. The van der Waals surface area contributed by atoms with Gasteiger partial charge in [0.2, 0.25) is 11.8 Å². The molecule has 1 fully saturated rings. The Hall–Kier alpha value is -3.17. The number of carbonyl (C=O) groups excluding carboxylic acids is 2. The highest BCUT2D eigenvalue weighted by Gasteiger charge is 2.31. The van der Waals surface area contributed by atoms with Crippen LogP contribution in [0.2, 0.25) is 0 Å². The van der Waals surface area contributed by atoms with Crippen LogP contribution in [0.15, 0.2) is 47.0 Å². The Balaban J connectivity index is 1.35. The zero-order valence-electron chi connectivity index (χ0n) is 17.0. The van der Waals surface area contributed by atoms with Crippen LogP contribution in [-0.2, 0) is 11.2 Å². The molecule has 1 aromatic carbocycles. The standard InChI is InChI=1S/C22H21N3O5S/c1-12-3-5-14(6-4-12)21-24-19(13(2)30-21)17(26)11-29-16-8-7-15(23-10-16)9-18-20(27)25-22(28)31-18/h3-8,10,17-18,26H,9,11H2,1-2H3,(H,25,27,28). The number of oxazole rings is 1. The predicted molar refractivity (Wildman–Crippen MR) is 115 cm³/mol. The van der Waals surface area contributed by atoms with Crippen molar-refractivity contribution < 1.29 is 23.8 Å². The van der Waals surface area contributed by atoms with Crippen molar-refractivity contribution in [3.8, 4) is 17.2 Å². The number of imide groups is 1. The van der Waals surface area contributed by atoms with Gasteiger partial charge in [0.15, 0.2) is 0 Å². The molecule has 4 rings (SSSR count). The highest BCUT2D eigenvalue weighted by Crippen LogP contribution is 2.26. The van der Waals surface area contributed by atoms with Crippen LogP contribution in [0.5, 0.6) is 5.75 Å². The predicted octanol–water partition coefficient (Wildman–Crippen LogP) is 3.36. The van der Waals surface area contributed by atoms with E-state index in [9.17, 15) is 14.7 Å². The van der Waals surface area contributed by atoms with Crippen LogP contribution in [0.4, 0.5) is 4.79 Å². The van der Waals surface area contributed by atoms with E-state index in [1.54, 1.807) is 19.1 Å². The van der Waals surface area contributed by atoms with Crippen molar-refractivity contribution in [2.75, 3.05) is 6.61 Å². The number of nitrogens with one attached hydrogen (secondary N) is 1. The summed E-state index contributed by atoms with van der Waals surface area (Å²) in [7, 11) is 0. The number of amides is 2. The molecular formula is C22H21N3O5S. The van der Waals surface area contributed by atoms with E-state index in [0.717, 1.165) is 22.9 Å². The van der Waals surface area contributed by atoms with E-state index < -0.39 is 11.4 Å². The number of aliphatic hydroxyl groups excluding tert-OH is 1. The normalized spacial score (nSPS) is 16.9. The highest BCUT2D eigenvalue weighted by molar-refractivity contribution is 8.15. The number of pyridine rings is 1. The largest absolute Gasteiger partial charge is 0.489 e. The summed E-state index contributed by atoms with van der Waals surface area (Å²) < 4.78 is 11.3. The van der Waals surface area contributed by atoms with E-state index >= 15 is 0 Å². The molecule has 8 nitrogen and oxygen atoms in total. The second-order valence-corrected chi connectivity index (χ2v) is 8.40. The topological polar surface area (TPSA) is 115 Å². The second-order valence-electron chi connectivity index (χ2n) is 7.23. The van der Waals surface area contributed by atoms with Gasteiger partial charge in [-0.2, -0.15) is 0 Å². The first kappa shape index (κ1) is 21.1. The molecule has 2 unspecified atom stereocenters. The average molecular weight is 439 g/mol. The van der Waals surface area contributed by atoms with Crippen LogP contribution in [-0.4, -0.2) is 38.1 Å². The molecule has 0 spiro atoms. The molecule has 9 heteroatoms. The number of hydrogen-bond acceptors (Lipinski definition) is 8. The third kappa shape index (κ3) is 4.95. The minimum absolute atomic E-state index is 0.0167. The molecule has 2 N–H and O–H groups in total. The quantitative estimate of drug-likeness (QED) is 0.576. The fourth-order valence-corrected chi connectivity index (χ4v) is 3.96. The number of nitrogens with zero attached hydrogens (tertiary/aromatic N) is 2. The third-order valence-corrected chi connectivity index (χ3v) is 5.80. The average Bonchev–Trinajstić information content (AvgIpc) is 3.29. The first-order valence-electron chi connectivity index (χ1n) is 9.70. The summed E-state index contributed by atoms with van der Waals surface area (Å²) in [6, 6.07) is 11.2. The fourth-order valence-electron chi connectivity index (χ4n) is 3.13. The molecule has 160 valence electrons. The molecule has 0 radical (unpaired) electrons. The summed E-state index contributed by atoms with van der Waals surface area (Å²) >= 11 is 0.967. The molecule has 1 saturated heterocycles. The Morgan fingerprint density at radius 2 is 1.97 bits per heavy atom. The number of rotatable bonds is 7. The van der Waals surface area contributed by atoms with Gasteiger partial charge in [0, 0.05) is 17.7 Å². The van der Waals surface area contributed by atoms with Crippen molar-refractivity contribution in [2.24, 2.45) is 0 Å². The molecule has 1 aliphatic heterocycles. The van der Waals surface area contributed by atoms with Crippen molar-refractivity contribution in [1.29, 1.82) is 0 Å². The van der Waals surface area contributed by atoms with Crippen molar-refractivity contribution >= 4 is 22.9 Å². The Bertz CT molecular complexity index is 1100. The molecule has 2 aromatic heterocycles. The van der Waals surface area contributed by atoms with E-state index in [1.807, 2.05) is 31.2 Å². The maximum absolute atomic E-state index is 11.7. The van der Waals surface area contributed by atoms with Crippen LogP contribution in [0.25, 0.3) is 11.5 Å². The van der Waals surface area contributed by atoms with E-state index in [-0.39, 0.29) is 17.8 Å². The molecule has 0 bridgehead atoms. The van der Waals surface area contributed by atoms with Gasteiger partial charge in [-0.3, -0.25) is 19.9 Å². The van der Waals surface area contributed by atoms with E-state index in [2.05, 4.69) is 15.3 Å². The summed E-state index contributed by atoms with van der Waals surface area (Å²) in [4.78, 5) is 31.6. The molecule has 31 heavy (non-hydrogen) atoms. The van der Waals surface area contributed by atoms with Crippen LogP contribution in [0.3, 0.4) is 0 Å². The third-order valence-electron chi connectivity index (χ3n) is 4.81. The van der Waals surface area contributed by atoms with Gasteiger partial charge in [0.05, 0.1) is 11.4 Å². The number of hydrogen-bond donors (Lipinski definition) is 2. The van der Waals surface area contributed by atoms with Gasteiger partial charge in [-0.25, -0.2) is 4.98 Å². The molecular weight excluding hydrogens is 418 g/mol. The Kier molecular flexibility index (Phi) is 6.06. The molecule has 3 heterocycles. The molecule has 3 aromatic rings. The minimum atomic E-state index is -0.966. The molecule has 0 aliphatic carbocycles. The smallest absolute Gasteiger partial charge is 0.286 e. The maximum Gasteiger partial charge on any atom is 0.286 e. The van der Waals surface area contributed by atoms with Gasteiger partial charge in [-0.05, 0) is 38.1 Å². The van der Waals surface area contributed by atoms with Crippen LogP contribution in [0.1, 0.15) is 28.8 Å². The summed E-state index contributed by atoms with van der Waals surface area (Å²) in [5.74, 6) is 1.16.